The molecule has 3 heterocycles. The number of aromatic nitrogens is 4. The van der Waals surface area contributed by atoms with Crippen LogP contribution in [0.2, 0.25) is 0 Å². The second-order valence-corrected chi connectivity index (χ2v) is 7.18. The quantitative estimate of drug-likeness (QED) is 0.358. The molecule has 10 heteroatoms. The highest BCUT2D eigenvalue weighted by Gasteiger charge is 2.44. The molecule has 0 saturated carbocycles. The molecule has 0 spiro atoms. The van der Waals surface area contributed by atoms with E-state index < -0.39 is 31.1 Å². The maximum absolute atomic E-state index is 10.3. The second-order valence-electron chi connectivity index (χ2n) is 6.21. The summed E-state index contributed by atoms with van der Waals surface area (Å²) in [6.07, 6.45) is -2.78. The molecule has 4 atom stereocenters. The first kappa shape index (κ1) is 18.1. The zero-order valence-corrected chi connectivity index (χ0v) is 15.0. The highest BCUT2D eigenvalue weighted by molar-refractivity contribution is 7.98. The van der Waals surface area contributed by atoms with Gasteiger partial charge in [0, 0.05) is 5.75 Å². The molecule has 142 valence electrons. The van der Waals surface area contributed by atoms with Gasteiger partial charge in [0.25, 0.3) is 0 Å². The van der Waals surface area contributed by atoms with Gasteiger partial charge in [-0.15, -0.1) is 0 Å². The van der Waals surface area contributed by atoms with E-state index in [0.717, 1.165) is 5.56 Å². The maximum atomic E-state index is 10.3. The molecule has 9 nitrogen and oxygen atoms in total. The first-order chi connectivity index (χ1) is 13.1. The summed E-state index contributed by atoms with van der Waals surface area (Å²) in [5.41, 5.74) is 7.93. The van der Waals surface area contributed by atoms with E-state index in [4.69, 9.17) is 10.5 Å². The highest BCUT2D eigenvalue weighted by Crippen LogP contribution is 2.34. The summed E-state index contributed by atoms with van der Waals surface area (Å²) in [5, 5.41) is 30.2. The van der Waals surface area contributed by atoms with E-state index >= 15 is 0 Å². The van der Waals surface area contributed by atoms with Gasteiger partial charge in [-0.1, -0.05) is 42.1 Å². The van der Waals surface area contributed by atoms with E-state index in [1.165, 1.54) is 22.7 Å². The van der Waals surface area contributed by atoms with Crippen molar-refractivity contribution in [3.05, 3.63) is 42.2 Å². The zero-order valence-electron chi connectivity index (χ0n) is 14.2. The fourth-order valence-electron chi connectivity index (χ4n) is 3.03. The third kappa shape index (κ3) is 3.37. The van der Waals surface area contributed by atoms with Gasteiger partial charge in [0.15, 0.2) is 11.9 Å². The Kier molecular flexibility index (Phi) is 4.98. The smallest absolute Gasteiger partial charge is 0.223 e. The van der Waals surface area contributed by atoms with Crippen LogP contribution in [-0.4, -0.2) is 59.8 Å². The van der Waals surface area contributed by atoms with Crippen LogP contribution < -0.4 is 5.73 Å². The third-order valence-electron chi connectivity index (χ3n) is 4.42. The number of hydrogen-bond acceptors (Lipinski definition) is 9. The molecule has 1 fully saturated rings. The fourth-order valence-corrected chi connectivity index (χ4v) is 3.96. The molecule has 1 aromatic carbocycles. The minimum atomic E-state index is -1.23. The van der Waals surface area contributed by atoms with Crippen LogP contribution in [0.4, 0.5) is 5.95 Å². The van der Waals surface area contributed by atoms with E-state index in [-0.39, 0.29) is 5.95 Å². The van der Waals surface area contributed by atoms with Crippen molar-refractivity contribution in [2.75, 3.05) is 12.3 Å². The SMILES string of the molecule is Nc1nc(SCc2ccccc2)c2ncn([C@@H]3O[C@@H](CO)[C@@H](O)[C@@H]3O)c2n1. The molecule has 1 saturated heterocycles. The lowest BCUT2D eigenvalue weighted by molar-refractivity contribution is -0.0511. The molecule has 1 aliphatic heterocycles. The van der Waals surface area contributed by atoms with Crippen molar-refractivity contribution in [2.45, 2.75) is 35.3 Å². The van der Waals surface area contributed by atoms with Crippen LogP contribution >= 0.6 is 11.8 Å². The van der Waals surface area contributed by atoms with Crippen molar-refractivity contribution < 1.29 is 20.1 Å². The van der Waals surface area contributed by atoms with E-state index in [1.807, 2.05) is 30.3 Å². The molecule has 27 heavy (non-hydrogen) atoms. The van der Waals surface area contributed by atoms with Gasteiger partial charge in [-0.3, -0.25) is 4.57 Å². The number of rotatable bonds is 5. The summed E-state index contributed by atoms with van der Waals surface area (Å²) in [7, 11) is 0. The van der Waals surface area contributed by atoms with Crippen LogP contribution in [0.25, 0.3) is 11.2 Å². The largest absolute Gasteiger partial charge is 0.394 e. The summed E-state index contributed by atoms with van der Waals surface area (Å²) in [4.78, 5) is 12.9. The monoisotopic (exact) mass is 389 g/mol. The average molecular weight is 389 g/mol. The topological polar surface area (TPSA) is 140 Å². The number of aliphatic hydroxyl groups excluding tert-OH is 3. The van der Waals surface area contributed by atoms with E-state index in [1.54, 1.807) is 0 Å². The van der Waals surface area contributed by atoms with Crippen LogP contribution in [0.5, 0.6) is 0 Å². The lowest BCUT2D eigenvalue weighted by Gasteiger charge is -2.16. The van der Waals surface area contributed by atoms with Crippen LogP contribution in [-0.2, 0) is 10.5 Å². The van der Waals surface area contributed by atoms with Crippen molar-refractivity contribution in [2.24, 2.45) is 0 Å². The van der Waals surface area contributed by atoms with E-state index in [9.17, 15) is 15.3 Å². The second kappa shape index (κ2) is 7.41. The summed E-state index contributed by atoms with van der Waals surface area (Å²) in [5.74, 6) is 0.763. The van der Waals surface area contributed by atoms with Gasteiger partial charge >= 0.3 is 0 Å². The Balaban J connectivity index is 1.66. The van der Waals surface area contributed by atoms with Gasteiger partial charge in [-0.05, 0) is 5.56 Å². The standard InChI is InChI=1S/C17H19N5O4S/c18-17-20-14-11(15(21-17)27-7-9-4-2-1-3-5-9)19-8-22(14)16-13(25)12(24)10(6-23)26-16/h1-5,8,10,12-13,16,23-25H,6-7H2,(H2,18,20,21)/t10-,12+,13-,16+/m0/s1. The molecule has 4 rings (SSSR count). The van der Waals surface area contributed by atoms with Gasteiger partial charge in [-0.25, -0.2) is 9.97 Å². The number of benzene rings is 1. The molecule has 5 N–H and O–H groups in total. The van der Waals surface area contributed by atoms with Crippen molar-refractivity contribution >= 4 is 28.9 Å². The lowest BCUT2D eigenvalue weighted by atomic mass is 10.1. The van der Waals surface area contributed by atoms with Crippen molar-refractivity contribution in [1.82, 2.24) is 19.5 Å². The fraction of sp³-hybridized carbons (Fsp3) is 0.353. The van der Waals surface area contributed by atoms with Crippen LogP contribution in [0.1, 0.15) is 11.8 Å². The Bertz CT molecular complexity index is 938. The number of fused-ring (bicyclic) bond motifs is 1. The number of anilines is 1. The molecule has 0 aliphatic carbocycles. The molecule has 1 aliphatic rings. The number of hydrogen-bond donors (Lipinski definition) is 4. The van der Waals surface area contributed by atoms with E-state index in [2.05, 4.69) is 15.0 Å². The Morgan fingerprint density at radius 3 is 2.63 bits per heavy atom. The zero-order chi connectivity index (χ0) is 19.0. The molecule has 2 aromatic heterocycles. The minimum Gasteiger partial charge on any atom is -0.394 e. The van der Waals surface area contributed by atoms with Gasteiger partial charge < -0.3 is 25.8 Å². The molecule has 0 bridgehead atoms. The first-order valence-corrected chi connectivity index (χ1v) is 9.36. The number of nitrogens with zero attached hydrogens (tertiary/aromatic N) is 4. The normalized spacial score (nSPS) is 25.3. The number of nitrogen functional groups attached to an aromatic ring is 1. The molecular weight excluding hydrogens is 370 g/mol. The molecule has 0 unspecified atom stereocenters. The number of nitrogens with two attached hydrogens (primary N) is 1. The average Bonchev–Trinajstić information content (AvgIpc) is 3.22. The Labute approximate surface area is 158 Å². The maximum Gasteiger partial charge on any atom is 0.223 e. The number of thioether (sulfide) groups is 1. The molecule has 0 radical (unpaired) electrons. The predicted molar refractivity (Wildman–Crippen MR) is 98.7 cm³/mol. The predicted octanol–water partition coefficient (Wildman–Crippen LogP) is 0.312. The van der Waals surface area contributed by atoms with Crippen LogP contribution in [0.3, 0.4) is 0 Å². The van der Waals surface area contributed by atoms with Crippen molar-refractivity contribution in [3.8, 4) is 0 Å². The van der Waals surface area contributed by atoms with Gasteiger partial charge in [0.2, 0.25) is 5.95 Å². The Morgan fingerprint density at radius 2 is 1.93 bits per heavy atom. The summed E-state index contributed by atoms with van der Waals surface area (Å²) < 4.78 is 7.07. The number of imidazole rings is 1. The lowest BCUT2D eigenvalue weighted by Crippen LogP contribution is -2.33. The first-order valence-electron chi connectivity index (χ1n) is 8.37. The Morgan fingerprint density at radius 1 is 1.15 bits per heavy atom. The highest BCUT2D eigenvalue weighted by atomic mass is 32.2. The molecule has 3 aromatic rings. The van der Waals surface area contributed by atoms with E-state index in [0.29, 0.717) is 21.9 Å². The van der Waals surface area contributed by atoms with Gasteiger partial charge in [0.05, 0.1) is 12.9 Å². The van der Waals surface area contributed by atoms with Crippen molar-refractivity contribution in [1.29, 1.82) is 0 Å². The summed E-state index contributed by atoms with van der Waals surface area (Å²) >= 11 is 1.48. The summed E-state index contributed by atoms with van der Waals surface area (Å²) in [6.45, 7) is -0.406. The minimum absolute atomic E-state index is 0.0755. The number of ether oxygens (including phenoxy) is 1. The van der Waals surface area contributed by atoms with Gasteiger partial charge in [0.1, 0.15) is 28.9 Å². The van der Waals surface area contributed by atoms with Gasteiger partial charge in [-0.2, -0.15) is 4.98 Å². The van der Waals surface area contributed by atoms with Crippen LogP contribution in [0, 0.1) is 0 Å². The molecular formula is C17H19N5O4S. The molecule has 0 amide bonds. The van der Waals surface area contributed by atoms with Crippen molar-refractivity contribution in [3.63, 3.8) is 0 Å². The number of aliphatic hydroxyl groups is 3. The Hall–Kier alpha value is -2.24. The van der Waals surface area contributed by atoms with Crippen LogP contribution in [0.15, 0.2) is 41.7 Å². The summed E-state index contributed by atoms with van der Waals surface area (Å²) in [6, 6.07) is 9.93. The third-order valence-corrected chi connectivity index (χ3v) is 5.45.